The minimum atomic E-state index is 0.265. The highest BCUT2D eigenvalue weighted by atomic mass is 32.1. The van der Waals surface area contributed by atoms with Crippen LogP contribution in [0.15, 0.2) is 24.4 Å². The van der Waals surface area contributed by atoms with Crippen LogP contribution in [0.3, 0.4) is 0 Å². The summed E-state index contributed by atoms with van der Waals surface area (Å²) >= 11 is 1.85. The van der Waals surface area contributed by atoms with Gasteiger partial charge in [-0.05, 0) is 38.1 Å². The second kappa shape index (κ2) is 5.47. The molecule has 0 saturated heterocycles. The van der Waals surface area contributed by atoms with Crippen LogP contribution in [0, 0.1) is 6.92 Å². The number of nitrogens with zero attached hydrogens (tertiary/aromatic N) is 2. The molecule has 4 heteroatoms. The maximum absolute atomic E-state index is 4.26. The maximum atomic E-state index is 4.26. The molecule has 0 aliphatic carbocycles. The third-order valence-corrected chi connectivity index (χ3v) is 3.86. The molecule has 0 bridgehead atoms. The molecule has 1 unspecified atom stereocenters. The van der Waals surface area contributed by atoms with Gasteiger partial charge in [0.25, 0.3) is 0 Å². The molecule has 0 amide bonds. The number of hydrogen-bond acceptors (Lipinski definition) is 3. The van der Waals surface area contributed by atoms with Crippen molar-refractivity contribution in [3.63, 3.8) is 0 Å². The summed E-state index contributed by atoms with van der Waals surface area (Å²) in [5.41, 5.74) is 1.22. The van der Waals surface area contributed by atoms with Crippen molar-refractivity contribution < 1.29 is 0 Å². The first kappa shape index (κ1) is 12.3. The van der Waals surface area contributed by atoms with E-state index in [9.17, 15) is 0 Å². The highest BCUT2D eigenvalue weighted by Gasteiger charge is 2.17. The summed E-state index contributed by atoms with van der Waals surface area (Å²) in [5, 5.41) is 7.85. The van der Waals surface area contributed by atoms with Crippen molar-refractivity contribution in [3.8, 4) is 0 Å². The summed E-state index contributed by atoms with van der Waals surface area (Å²) in [4.78, 5) is 2.71. The van der Waals surface area contributed by atoms with Crippen molar-refractivity contribution in [1.29, 1.82) is 0 Å². The lowest BCUT2D eigenvalue weighted by atomic mass is 10.1. The van der Waals surface area contributed by atoms with Gasteiger partial charge in [0, 0.05) is 23.0 Å². The molecule has 2 heterocycles. The molecular formula is C13H19N3S. The Balaban J connectivity index is 2.28. The fourth-order valence-electron chi connectivity index (χ4n) is 1.92. The molecule has 2 rings (SSSR count). The van der Waals surface area contributed by atoms with Crippen LogP contribution >= 0.6 is 11.3 Å². The van der Waals surface area contributed by atoms with Gasteiger partial charge in [-0.25, -0.2) is 0 Å². The van der Waals surface area contributed by atoms with Gasteiger partial charge in [-0.1, -0.05) is 6.92 Å². The van der Waals surface area contributed by atoms with Gasteiger partial charge in [0.1, 0.15) is 0 Å². The maximum Gasteiger partial charge on any atom is 0.0841 e. The van der Waals surface area contributed by atoms with Crippen LogP contribution in [0.1, 0.15) is 34.8 Å². The average Bonchev–Trinajstić information content (AvgIpc) is 2.90. The van der Waals surface area contributed by atoms with Crippen molar-refractivity contribution in [2.24, 2.45) is 7.05 Å². The van der Waals surface area contributed by atoms with Crippen molar-refractivity contribution in [1.82, 2.24) is 15.1 Å². The lowest BCUT2D eigenvalue weighted by Gasteiger charge is -2.17. The van der Waals surface area contributed by atoms with Gasteiger partial charge in [-0.2, -0.15) is 5.10 Å². The standard InChI is InChI=1S/C13H19N3S/c1-4-8-14-13(11-7-9-15-16(11)3)12-6-5-10(2)17-12/h5-7,9,13-14H,4,8H2,1-3H3. The Hall–Kier alpha value is -1.13. The summed E-state index contributed by atoms with van der Waals surface area (Å²) in [6.45, 7) is 5.36. The normalized spacial score (nSPS) is 12.9. The van der Waals surface area contributed by atoms with Crippen LogP contribution < -0.4 is 5.32 Å². The first-order valence-corrected chi connectivity index (χ1v) is 6.81. The Morgan fingerprint density at radius 3 is 2.76 bits per heavy atom. The van der Waals surface area contributed by atoms with E-state index in [1.165, 1.54) is 15.4 Å². The number of aromatic nitrogens is 2. The van der Waals surface area contributed by atoms with Crippen LogP contribution in [0.2, 0.25) is 0 Å². The van der Waals surface area contributed by atoms with Crippen molar-refractivity contribution in [2.75, 3.05) is 6.54 Å². The average molecular weight is 249 g/mol. The molecule has 1 N–H and O–H groups in total. The zero-order chi connectivity index (χ0) is 12.3. The van der Waals surface area contributed by atoms with Gasteiger partial charge in [0.2, 0.25) is 0 Å². The van der Waals surface area contributed by atoms with E-state index < -0.39 is 0 Å². The van der Waals surface area contributed by atoms with Gasteiger partial charge < -0.3 is 5.32 Å². The van der Waals surface area contributed by atoms with Crippen LogP contribution in [0.25, 0.3) is 0 Å². The van der Waals surface area contributed by atoms with E-state index in [4.69, 9.17) is 0 Å². The minimum Gasteiger partial charge on any atom is -0.304 e. The fraction of sp³-hybridized carbons (Fsp3) is 0.462. The molecule has 92 valence electrons. The smallest absolute Gasteiger partial charge is 0.0841 e. The highest BCUT2D eigenvalue weighted by molar-refractivity contribution is 7.12. The molecule has 0 spiro atoms. The Morgan fingerprint density at radius 2 is 2.24 bits per heavy atom. The Labute approximate surface area is 106 Å². The van der Waals surface area contributed by atoms with Crippen molar-refractivity contribution >= 4 is 11.3 Å². The van der Waals surface area contributed by atoms with E-state index in [0.717, 1.165) is 13.0 Å². The molecule has 0 aliphatic rings. The van der Waals surface area contributed by atoms with Crippen LogP contribution in [-0.2, 0) is 7.05 Å². The molecule has 2 aromatic rings. The SMILES string of the molecule is CCCNC(c1ccc(C)s1)c1ccnn1C. The lowest BCUT2D eigenvalue weighted by Crippen LogP contribution is -2.24. The first-order chi connectivity index (χ1) is 8.22. The van der Waals surface area contributed by atoms with Crippen molar-refractivity contribution in [2.45, 2.75) is 26.3 Å². The molecule has 17 heavy (non-hydrogen) atoms. The Morgan fingerprint density at radius 1 is 1.41 bits per heavy atom. The molecule has 0 saturated carbocycles. The third-order valence-electron chi connectivity index (χ3n) is 2.80. The summed E-state index contributed by atoms with van der Waals surface area (Å²) in [6, 6.07) is 6.74. The molecule has 0 aromatic carbocycles. The lowest BCUT2D eigenvalue weighted by molar-refractivity contribution is 0.560. The predicted octanol–water partition coefficient (Wildman–Crippen LogP) is 2.88. The predicted molar refractivity (Wildman–Crippen MR) is 72.4 cm³/mol. The monoisotopic (exact) mass is 249 g/mol. The van der Waals surface area contributed by atoms with Gasteiger partial charge in [-0.15, -0.1) is 11.3 Å². The second-order valence-corrected chi connectivity index (χ2v) is 5.53. The molecule has 2 aromatic heterocycles. The van der Waals surface area contributed by atoms with Crippen LogP contribution in [-0.4, -0.2) is 16.3 Å². The van der Waals surface area contributed by atoms with Crippen LogP contribution in [0.5, 0.6) is 0 Å². The molecule has 0 aliphatic heterocycles. The molecule has 3 nitrogen and oxygen atoms in total. The van der Waals surface area contributed by atoms with E-state index in [-0.39, 0.29) is 6.04 Å². The van der Waals surface area contributed by atoms with E-state index in [2.05, 4.69) is 42.5 Å². The quantitative estimate of drug-likeness (QED) is 0.883. The van der Waals surface area contributed by atoms with Gasteiger partial charge in [0.05, 0.1) is 11.7 Å². The second-order valence-electron chi connectivity index (χ2n) is 4.22. The molecular weight excluding hydrogens is 230 g/mol. The number of hydrogen-bond donors (Lipinski definition) is 1. The summed E-state index contributed by atoms with van der Waals surface area (Å²) in [7, 11) is 2.00. The van der Waals surface area contributed by atoms with E-state index >= 15 is 0 Å². The third kappa shape index (κ3) is 2.76. The van der Waals surface area contributed by atoms with Gasteiger partial charge in [-0.3, -0.25) is 4.68 Å². The summed E-state index contributed by atoms with van der Waals surface area (Å²) in [6.07, 6.45) is 3.00. The zero-order valence-corrected chi connectivity index (χ0v) is 11.4. The minimum absolute atomic E-state index is 0.265. The zero-order valence-electron chi connectivity index (χ0n) is 10.6. The topological polar surface area (TPSA) is 29.9 Å². The summed E-state index contributed by atoms with van der Waals surface area (Å²) in [5.74, 6) is 0. The van der Waals surface area contributed by atoms with Gasteiger partial charge >= 0.3 is 0 Å². The highest BCUT2D eigenvalue weighted by Crippen LogP contribution is 2.27. The molecule has 0 radical (unpaired) electrons. The van der Waals surface area contributed by atoms with Crippen molar-refractivity contribution in [3.05, 3.63) is 39.8 Å². The number of rotatable bonds is 5. The van der Waals surface area contributed by atoms with Gasteiger partial charge in [0.15, 0.2) is 0 Å². The molecule has 1 atom stereocenters. The number of thiophene rings is 1. The van der Waals surface area contributed by atoms with E-state index in [1.54, 1.807) is 0 Å². The number of nitrogens with one attached hydrogen (secondary N) is 1. The number of aryl methyl sites for hydroxylation is 2. The molecule has 0 fully saturated rings. The Kier molecular flexibility index (Phi) is 3.97. The summed E-state index contributed by atoms with van der Waals surface area (Å²) < 4.78 is 1.95. The Bertz CT molecular complexity index is 472. The first-order valence-electron chi connectivity index (χ1n) is 6.00. The largest absolute Gasteiger partial charge is 0.304 e. The van der Waals surface area contributed by atoms with E-state index in [1.807, 2.05) is 29.3 Å². The fourth-order valence-corrected chi connectivity index (χ4v) is 2.88. The van der Waals surface area contributed by atoms with Crippen LogP contribution in [0.4, 0.5) is 0 Å². The van der Waals surface area contributed by atoms with E-state index in [0.29, 0.717) is 0 Å².